The average molecular weight is 330 g/mol. The van der Waals surface area contributed by atoms with Crippen molar-refractivity contribution >= 4 is 17.7 Å². The molecule has 3 heterocycles. The predicted octanol–water partition coefficient (Wildman–Crippen LogP) is 1.72. The van der Waals surface area contributed by atoms with Gasteiger partial charge >= 0.3 is 0 Å². The Morgan fingerprint density at radius 1 is 1.26 bits per heavy atom. The van der Waals surface area contributed by atoms with E-state index >= 15 is 0 Å². The number of amides is 1. The molecule has 1 aliphatic heterocycles. The third-order valence-electron chi connectivity index (χ3n) is 4.13. The molecule has 2 aromatic heterocycles. The maximum absolute atomic E-state index is 12.5. The van der Waals surface area contributed by atoms with Crippen LogP contribution in [0, 0.1) is 0 Å². The average Bonchev–Trinajstić information content (AvgIpc) is 2.63. The molecule has 6 nitrogen and oxygen atoms in total. The fourth-order valence-corrected chi connectivity index (χ4v) is 3.04. The molecular formula is C16H18N4O2S. The van der Waals surface area contributed by atoms with Crippen LogP contribution in [0.25, 0.3) is 0 Å². The van der Waals surface area contributed by atoms with Crippen molar-refractivity contribution in [1.82, 2.24) is 19.9 Å². The summed E-state index contributed by atoms with van der Waals surface area (Å²) in [5.74, 6) is -0.0918. The molecule has 0 bridgehead atoms. The van der Waals surface area contributed by atoms with Crippen molar-refractivity contribution in [2.24, 2.45) is 0 Å². The van der Waals surface area contributed by atoms with Crippen LogP contribution in [-0.2, 0) is 5.60 Å². The fraction of sp³-hybridized carbons (Fsp3) is 0.375. The second-order valence-corrected chi connectivity index (χ2v) is 6.30. The molecule has 120 valence electrons. The Hall–Kier alpha value is -1.99. The summed E-state index contributed by atoms with van der Waals surface area (Å²) >= 11 is 1.44. The van der Waals surface area contributed by atoms with Crippen LogP contribution in [-0.4, -0.2) is 50.2 Å². The third-order valence-corrected chi connectivity index (χ3v) is 4.71. The van der Waals surface area contributed by atoms with E-state index in [9.17, 15) is 9.90 Å². The Bertz CT molecular complexity index is 670. The number of hydrogen-bond donors (Lipinski definition) is 1. The Kier molecular flexibility index (Phi) is 4.58. The zero-order chi connectivity index (χ0) is 16.3. The predicted molar refractivity (Wildman–Crippen MR) is 87.1 cm³/mol. The molecule has 0 aliphatic carbocycles. The lowest BCUT2D eigenvalue weighted by atomic mass is 9.85. The van der Waals surface area contributed by atoms with E-state index in [4.69, 9.17) is 0 Å². The van der Waals surface area contributed by atoms with Gasteiger partial charge in [-0.15, -0.1) is 0 Å². The molecule has 3 rings (SSSR count). The fourth-order valence-electron chi connectivity index (χ4n) is 2.72. The highest BCUT2D eigenvalue weighted by atomic mass is 32.2. The van der Waals surface area contributed by atoms with Gasteiger partial charge in [-0.25, -0.2) is 9.97 Å². The highest BCUT2D eigenvalue weighted by molar-refractivity contribution is 7.98. The molecule has 0 spiro atoms. The maximum atomic E-state index is 12.5. The standard InChI is InChI=1S/C16H18N4O2S/c1-23-15-18-9-12(10-19-15)14(21)20-7-4-16(22,5-8-20)13-3-2-6-17-11-13/h2-3,6,9-11,22H,4-5,7-8H2,1H3. The molecule has 1 saturated heterocycles. The summed E-state index contributed by atoms with van der Waals surface area (Å²) in [7, 11) is 0. The van der Waals surface area contributed by atoms with E-state index in [2.05, 4.69) is 15.0 Å². The van der Waals surface area contributed by atoms with Crippen LogP contribution in [0.5, 0.6) is 0 Å². The Labute approximate surface area is 139 Å². The second-order valence-electron chi connectivity index (χ2n) is 5.52. The van der Waals surface area contributed by atoms with Crippen LogP contribution < -0.4 is 0 Å². The summed E-state index contributed by atoms with van der Waals surface area (Å²) in [6.07, 6.45) is 9.37. The molecule has 1 N–H and O–H groups in total. The summed E-state index contributed by atoms with van der Waals surface area (Å²) in [4.78, 5) is 26.6. The number of pyridine rings is 1. The van der Waals surface area contributed by atoms with Crippen molar-refractivity contribution in [3.63, 3.8) is 0 Å². The molecular weight excluding hydrogens is 312 g/mol. The van der Waals surface area contributed by atoms with Gasteiger partial charge in [-0.05, 0) is 25.2 Å². The number of carbonyl (C=O) groups is 1. The first-order chi connectivity index (χ1) is 11.1. The lowest BCUT2D eigenvalue weighted by Crippen LogP contribution is -2.45. The molecule has 0 aromatic carbocycles. The number of likely N-dealkylation sites (tertiary alicyclic amines) is 1. The monoisotopic (exact) mass is 330 g/mol. The van der Waals surface area contributed by atoms with Gasteiger partial charge in [-0.3, -0.25) is 9.78 Å². The van der Waals surface area contributed by atoms with Crippen molar-refractivity contribution in [1.29, 1.82) is 0 Å². The van der Waals surface area contributed by atoms with E-state index in [-0.39, 0.29) is 5.91 Å². The van der Waals surface area contributed by atoms with Gasteiger partial charge in [0.05, 0.1) is 11.2 Å². The summed E-state index contributed by atoms with van der Waals surface area (Å²) in [5, 5.41) is 11.4. The molecule has 7 heteroatoms. The van der Waals surface area contributed by atoms with Crippen molar-refractivity contribution in [3.8, 4) is 0 Å². The maximum Gasteiger partial charge on any atom is 0.256 e. The normalized spacial score (nSPS) is 17.0. The Morgan fingerprint density at radius 3 is 2.52 bits per heavy atom. The molecule has 0 saturated carbocycles. The van der Waals surface area contributed by atoms with Gasteiger partial charge < -0.3 is 10.0 Å². The molecule has 1 aliphatic rings. The van der Waals surface area contributed by atoms with Crippen molar-refractivity contribution in [3.05, 3.63) is 48.0 Å². The molecule has 2 aromatic rings. The van der Waals surface area contributed by atoms with E-state index in [0.29, 0.717) is 36.7 Å². The quantitative estimate of drug-likeness (QED) is 0.682. The number of nitrogens with zero attached hydrogens (tertiary/aromatic N) is 4. The van der Waals surface area contributed by atoms with Crippen LogP contribution in [0.4, 0.5) is 0 Å². The zero-order valence-corrected chi connectivity index (χ0v) is 13.7. The summed E-state index contributed by atoms with van der Waals surface area (Å²) < 4.78 is 0. The van der Waals surface area contributed by atoms with Gasteiger partial charge in [-0.2, -0.15) is 0 Å². The Balaban J connectivity index is 1.67. The lowest BCUT2D eigenvalue weighted by molar-refractivity contribution is -0.0214. The van der Waals surface area contributed by atoms with Crippen LogP contribution in [0.2, 0.25) is 0 Å². The van der Waals surface area contributed by atoms with Gasteiger partial charge in [0.15, 0.2) is 5.16 Å². The van der Waals surface area contributed by atoms with E-state index in [0.717, 1.165) is 5.56 Å². The zero-order valence-electron chi connectivity index (χ0n) is 12.8. The van der Waals surface area contributed by atoms with Crippen molar-refractivity contribution in [2.75, 3.05) is 19.3 Å². The highest BCUT2D eigenvalue weighted by Gasteiger charge is 2.35. The third kappa shape index (κ3) is 3.35. The van der Waals surface area contributed by atoms with Crippen LogP contribution in [0.1, 0.15) is 28.8 Å². The van der Waals surface area contributed by atoms with E-state index in [1.54, 1.807) is 29.7 Å². The van der Waals surface area contributed by atoms with Crippen molar-refractivity contribution < 1.29 is 9.90 Å². The molecule has 1 amide bonds. The van der Waals surface area contributed by atoms with Gasteiger partial charge in [0, 0.05) is 43.4 Å². The van der Waals surface area contributed by atoms with Crippen molar-refractivity contribution in [2.45, 2.75) is 23.6 Å². The summed E-state index contributed by atoms with van der Waals surface area (Å²) in [6.45, 7) is 0.989. The van der Waals surface area contributed by atoms with Crippen LogP contribution in [0.15, 0.2) is 42.1 Å². The number of thioether (sulfide) groups is 1. The van der Waals surface area contributed by atoms with E-state index < -0.39 is 5.60 Å². The number of rotatable bonds is 3. The number of aliphatic hydroxyl groups is 1. The number of hydrogen-bond acceptors (Lipinski definition) is 6. The summed E-state index contributed by atoms with van der Waals surface area (Å²) in [5.41, 5.74) is 0.374. The first-order valence-corrected chi connectivity index (χ1v) is 8.63. The molecule has 23 heavy (non-hydrogen) atoms. The van der Waals surface area contributed by atoms with Gasteiger partial charge in [0.25, 0.3) is 5.91 Å². The minimum atomic E-state index is -0.912. The van der Waals surface area contributed by atoms with E-state index in [1.165, 1.54) is 11.8 Å². The summed E-state index contributed by atoms with van der Waals surface area (Å²) in [6, 6.07) is 3.69. The first-order valence-electron chi connectivity index (χ1n) is 7.40. The second kappa shape index (κ2) is 6.64. The highest BCUT2D eigenvalue weighted by Crippen LogP contribution is 2.32. The minimum Gasteiger partial charge on any atom is -0.385 e. The van der Waals surface area contributed by atoms with Gasteiger partial charge in [-0.1, -0.05) is 17.8 Å². The minimum absolute atomic E-state index is 0.0918. The lowest BCUT2D eigenvalue weighted by Gasteiger charge is -2.38. The van der Waals surface area contributed by atoms with Crippen LogP contribution in [0.3, 0.4) is 0 Å². The molecule has 0 atom stereocenters. The molecule has 0 unspecified atom stereocenters. The first kappa shape index (κ1) is 15.9. The number of piperidine rings is 1. The topological polar surface area (TPSA) is 79.2 Å². The molecule has 0 radical (unpaired) electrons. The Morgan fingerprint density at radius 2 is 1.96 bits per heavy atom. The van der Waals surface area contributed by atoms with E-state index in [1.807, 2.05) is 18.4 Å². The SMILES string of the molecule is CSc1ncc(C(=O)N2CCC(O)(c3cccnc3)CC2)cn1. The number of carbonyl (C=O) groups excluding carboxylic acids is 1. The van der Waals surface area contributed by atoms with Crippen LogP contribution >= 0.6 is 11.8 Å². The van der Waals surface area contributed by atoms with Gasteiger partial charge in [0.2, 0.25) is 0 Å². The molecule has 1 fully saturated rings. The number of aromatic nitrogens is 3. The largest absolute Gasteiger partial charge is 0.385 e. The smallest absolute Gasteiger partial charge is 0.256 e. The van der Waals surface area contributed by atoms with Gasteiger partial charge in [0.1, 0.15) is 0 Å².